The Morgan fingerprint density at radius 1 is 1.75 bits per heavy atom. The Labute approximate surface area is 103 Å². The molecule has 1 aliphatic heterocycles. The van der Waals surface area contributed by atoms with E-state index in [1.54, 1.807) is 0 Å². The van der Waals surface area contributed by atoms with E-state index >= 15 is 0 Å². The molecule has 0 spiro atoms. The molecule has 0 aliphatic carbocycles. The van der Waals surface area contributed by atoms with Crippen molar-refractivity contribution in [3.05, 3.63) is 0 Å². The van der Waals surface area contributed by atoms with Gasteiger partial charge in [-0.3, -0.25) is 4.79 Å². The highest BCUT2D eigenvalue weighted by Gasteiger charge is 2.29. The lowest BCUT2D eigenvalue weighted by molar-refractivity contribution is -0.148. The average molecular weight is 288 g/mol. The second-order valence-electron chi connectivity index (χ2n) is 3.59. The first-order chi connectivity index (χ1) is 7.65. The normalized spacial score (nSPS) is 23.2. The summed E-state index contributed by atoms with van der Waals surface area (Å²) in [6.45, 7) is 2.19. The Morgan fingerprint density at radius 2 is 2.50 bits per heavy atom. The van der Waals surface area contributed by atoms with Gasteiger partial charge in [-0.25, -0.2) is 0 Å². The number of nitrogens with zero attached hydrogens (tertiary/aromatic N) is 1. The summed E-state index contributed by atoms with van der Waals surface area (Å²) >= 11 is 3.26. The molecule has 16 heavy (non-hydrogen) atoms. The maximum atomic E-state index is 11.3. The van der Waals surface area contributed by atoms with Crippen molar-refractivity contribution < 1.29 is 14.4 Å². The van der Waals surface area contributed by atoms with Crippen LogP contribution in [0.2, 0.25) is 0 Å². The van der Waals surface area contributed by atoms with Crippen LogP contribution >= 0.6 is 15.9 Å². The lowest BCUT2D eigenvalue weighted by atomic mass is 10.1. The fraction of sp³-hybridized carbons (Fsp3) is 0.636. The van der Waals surface area contributed by atoms with Gasteiger partial charge in [-0.2, -0.15) is 0 Å². The van der Waals surface area contributed by atoms with Crippen LogP contribution in [0.15, 0.2) is 5.16 Å². The number of terminal acetylenes is 1. The van der Waals surface area contributed by atoms with E-state index < -0.39 is 0 Å². The lowest BCUT2D eigenvalue weighted by Crippen LogP contribution is -2.25. The first-order valence-electron chi connectivity index (χ1n) is 5.13. The summed E-state index contributed by atoms with van der Waals surface area (Å²) in [6.07, 6.45) is 6.51. The monoisotopic (exact) mass is 287 g/mol. The van der Waals surface area contributed by atoms with E-state index in [-0.39, 0.29) is 24.6 Å². The Balaban J connectivity index is 2.16. The fourth-order valence-corrected chi connectivity index (χ4v) is 1.58. The van der Waals surface area contributed by atoms with Crippen molar-refractivity contribution in [1.29, 1.82) is 0 Å². The Kier molecular flexibility index (Phi) is 5.33. The van der Waals surface area contributed by atoms with Crippen molar-refractivity contribution in [2.24, 2.45) is 11.1 Å². The van der Waals surface area contributed by atoms with Gasteiger partial charge in [0.15, 0.2) is 6.10 Å². The topological polar surface area (TPSA) is 47.9 Å². The van der Waals surface area contributed by atoms with Gasteiger partial charge in [0.25, 0.3) is 0 Å². The molecule has 1 heterocycles. The molecule has 0 saturated carbocycles. The number of unbranched alkanes of at least 4 members (excludes halogenated alkanes) is 1. The average Bonchev–Trinajstić information content (AvgIpc) is 2.58. The maximum absolute atomic E-state index is 11.3. The Morgan fingerprint density at radius 3 is 3.06 bits per heavy atom. The minimum absolute atomic E-state index is 0.124. The van der Waals surface area contributed by atoms with E-state index in [2.05, 4.69) is 27.0 Å². The molecule has 0 aromatic carbocycles. The molecule has 1 aliphatic rings. The van der Waals surface area contributed by atoms with Crippen LogP contribution < -0.4 is 0 Å². The number of ether oxygens (including phenoxy) is 1. The van der Waals surface area contributed by atoms with Gasteiger partial charge in [0, 0.05) is 12.8 Å². The van der Waals surface area contributed by atoms with E-state index in [9.17, 15) is 4.79 Å². The number of hydrogen-bond donors (Lipinski definition) is 0. The Hall–Kier alpha value is -1.02. The number of oxime groups is 1. The van der Waals surface area contributed by atoms with Crippen LogP contribution in [0.3, 0.4) is 0 Å². The summed E-state index contributed by atoms with van der Waals surface area (Å²) in [7, 11) is 0. The third-order valence-corrected chi connectivity index (χ3v) is 3.19. The maximum Gasteiger partial charge on any atom is 0.305 e. The van der Waals surface area contributed by atoms with Crippen LogP contribution in [-0.4, -0.2) is 23.3 Å². The predicted molar refractivity (Wildman–Crippen MR) is 64.0 cm³/mol. The number of esters is 1. The van der Waals surface area contributed by atoms with Crippen molar-refractivity contribution in [2.45, 2.75) is 32.3 Å². The molecule has 1 rings (SSSR count). The fourth-order valence-electron chi connectivity index (χ4n) is 1.20. The number of carbonyl (C=O) groups is 1. The molecular formula is C11H14BrNO3. The molecule has 0 aromatic heterocycles. The summed E-state index contributed by atoms with van der Waals surface area (Å²) < 4.78 is 5.82. The molecule has 2 atom stereocenters. The molecule has 4 nitrogen and oxygen atoms in total. The third-order valence-electron chi connectivity index (χ3n) is 2.32. The Bertz CT molecular complexity index is 322. The smallest absolute Gasteiger partial charge is 0.305 e. The number of rotatable bonds is 5. The molecule has 0 saturated heterocycles. The van der Waals surface area contributed by atoms with E-state index in [1.165, 1.54) is 0 Å². The van der Waals surface area contributed by atoms with Gasteiger partial charge in [-0.1, -0.05) is 12.1 Å². The largest absolute Gasteiger partial charge is 0.462 e. The highest BCUT2D eigenvalue weighted by atomic mass is 79.9. The zero-order valence-electron chi connectivity index (χ0n) is 9.11. The van der Waals surface area contributed by atoms with Crippen LogP contribution in [0.5, 0.6) is 0 Å². The molecule has 88 valence electrons. The first-order valence-corrected chi connectivity index (χ1v) is 5.92. The van der Waals surface area contributed by atoms with Gasteiger partial charge >= 0.3 is 5.97 Å². The van der Waals surface area contributed by atoms with Crippen molar-refractivity contribution in [2.75, 3.05) is 6.61 Å². The van der Waals surface area contributed by atoms with Crippen molar-refractivity contribution in [3.8, 4) is 12.3 Å². The first kappa shape index (κ1) is 13.0. The second kappa shape index (κ2) is 6.54. The summed E-state index contributed by atoms with van der Waals surface area (Å²) in [5.74, 6) is 2.36. The van der Waals surface area contributed by atoms with Crippen LogP contribution in [-0.2, 0) is 14.4 Å². The number of hydrogen-bond acceptors (Lipinski definition) is 4. The highest BCUT2D eigenvalue weighted by molar-refractivity contribution is 9.18. The zero-order chi connectivity index (χ0) is 12.0. The molecule has 0 amide bonds. The van der Waals surface area contributed by atoms with E-state index in [1.807, 2.05) is 6.92 Å². The van der Waals surface area contributed by atoms with Gasteiger partial charge < -0.3 is 9.57 Å². The summed E-state index contributed by atoms with van der Waals surface area (Å²) in [4.78, 5) is 16.4. The molecule has 0 N–H and O–H groups in total. The molecule has 0 radical (unpaired) electrons. The van der Waals surface area contributed by atoms with Gasteiger partial charge in [0.05, 0.1) is 5.92 Å². The standard InChI is InChI=1S/C11H14BrNO3/c1-3-4-5-6-10(14)15-7-9-8(2)11(12)13-16-9/h1,8-9H,4-7H2,2H3/t8-,9+/m0/s1. The molecule has 0 aromatic rings. The van der Waals surface area contributed by atoms with Crippen LogP contribution in [0.1, 0.15) is 26.2 Å². The lowest BCUT2D eigenvalue weighted by Gasteiger charge is -2.13. The molecular weight excluding hydrogens is 274 g/mol. The predicted octanol–water partition coefficient (Wildman–Crippen LogP) is 2.08. The van der Waals surface area contributed by atoms with E-state index in [0.29, 0.717) is 19.3 Å². The van der Waals surface area contributed by atoms with Gasteiger partial charge in [0.2, 0.25) is 0 Å². The third kappa shape index (κ3) is 3.86. The SMILES string of the molecule is C#CCCCC(=O)OC[C@H]1ON=C(Br)[C@H]1C. The minimum atomic E-state index is -0.242. The van der Waals surface area contributed by atoms with Crippen molar-refractivity contribution >= 4 is 26.5 Å². The summed E-state index contributed by atoms with van der Waals surface area (Å²) in [5, 5.41) is 3.77. The highest BCUT2D eigenvalue weighted by Crippen LogP contribution is 2.21. The van der Waals surface area contributed by atoms with Crippen molar-refractivity contribution in [1.82, 2.24) is 0 Å². The van der Waals surface area contributed by atoms with E-state index in [0.717, 1.165) is 4.62 Å². The molecule has 0 unspecified atom stereocenters. The van der Waals surface area contributed by atoms with Crippen LogP contribution in [0.25, 0.3) is 0 Å². The number of carbonyl (C=O) groups excluding carboxylic acids is 1. The van der Waals surface area contributed by atoms with Crippen molar-refractivity contribution in [3.63, 3.8) is 0 Å². The minimum Gasteiger partial charge on any atom is -0.462 e. The van der Waals surface area contributed by atoms with Crippen LogP contribution in [0, 0.1) is 18.3 Å². The van der Waals surface area contributed by atoms with E-state index in [4.69, 9.17) is 16.0 Å². The molecule has 0 fully saturated rings. The quantitative estimate of drug-likeness (QED) is 0.442. The molecule has 0 bridgehead atoms. The summed E-state index contributed by atoms with van der Waals surface area (Å²) in [6, 6.07) is 0. The molecule has 5 heteroatoms. The van der Waals surface area contributed by atoms with Gasteiger partial charge in [0.1, 0.15) is 11.2 Å². The van der Waals surface area contributed by atoms with Gasteiger partial charge in [-0.05, 0) is 22.4 Å². The van der Waals surface area contributed by atoms with Gasteiger partial charge in [-0.15, -0.1) is 12.3 Å². The summed E-state index contributed by atoms with van der Waals surface area (Å²) in [5.41, 5.74) is 0. The number of halogens is 1. The van der Waals surface area contributed by atoms with Crippen LogP contribution in [0.4, 0.5) is 0 Å². The second-order valence-corrected chi connectivity index (χ2v) is 4.40. The zero-order valence-corrected chi connectivity index (χ0v) is 10.7.